The number of ether oxygens (including phenoxy) is 9. The number of hydrogen-bond acceptors (Lipinski definition) is 15. The van der Waals surface area contributed by atoms with Crippen molar-refractivity contribution in [1.29, 1.82) is 0 Å². The average molecular weight is 873 g/mol. The molecule has 0 aliphatic heterocycles. The number of carbonyl (C=O) groups excluding carboxylic acids is 6. The van der Waals surface area contributed by atoms with Crippen molar-refractivity contribution in [2.45, 2.75) is 70.5 Å². The van der Waals surface area contributed by atoms with Crippen molar-refractivity contribution in [3.8, 4) is 17.2 Å². The third-order valence-corrected chi connectivity index (χ3v) is 9.18. The molecule has 0 N–H and O–H groups in total. The van der Waals surface area contributed by atoms with Crippen LogP contribution in [0.2, 0.25) is 0 Å². The van der Waals surface area contributed by atoms with E-state index in [0.717, 1.165) is 0 Å². The quantitative estimate of drug-likeness (QED) is 0.0218. The Kier molecular flexibility index (Phi) is 22.3. The number of benzene rings is 3. The van der Waals surface area contributed by atoms with E-state index in [1.165, 1.54) is 21.3 Å². The van der Waals surface area contributed by atoms with Crippen LogP contribution in [0.3, 0.4) is 0 Å². The molecule has 0 saturated heterocycles. The maximum atomic E-state index is 12.8. The van der Waals surface area contributed by atoms with Gasteiger partial charge in [-0.15, -0.1) is 0 Å². The first kappa shape index (κ1) is 50.5. The van der Waals surface area contributed by atoms with Crippen molar-refractivity contribution in [1.82, 2.24) is 0 Å². The Hall–Kier alpha value is -6.90. The highest BCUT2D eigenvalue weighted by Crippen LogP contribution is 2.22. The molecule has 15 heteroatoms. The summed E-state index contributed by atoms with van der Waals surface area (Å²) < 4.78 is 47.6. The molecular weight excluding hydrogens is 817 g/mol. The Morgan fingerprint density at radius 2 is 0.730 bits per heavy atom. The lowest BCUT2D eigenvalue weighted by molar-refractivity contribution is -0.191. The van der Waals surface area contributed by atoms with Crippen LogP contribution in [0.15, 0.2) is 92.5 Å². The van der Waals surface area contributed by atoms with Crippen molar-refractivity contribution < 1.29 is 71.4 Å². The molecule has 0 atom stereocenters. The number of esters is 6. The van der Waals surface area contributed by atoms with Crippen LogP contribution < -0.4 is 14.2 Å². The zero-order valence-electron chi connectivity index (χ0n) is 36.2. The van der Waals surface area contributed by atoms with E-state index in [-0.39, 0.29) is 49.0 Å². The maximum Gasteiger partial charge on any atom is 0.337 e. The van der Waals surface area contributed by atoms with Crippen molar-refractivity contribution in [3.05, 3.63) is 109 Å². The predicted octanol–water partition coefficient (Wildman–Crippen LogP) is 7.64. The molecule has 0 aliphatic rings. The van der Waals surface area contributed by atoms with Gasteiger partial charge < -0.3 is 42.6 Å². The average Bonchev–Trinajstić information content (AvgIpc) is 3.30. The standard InChI is InChI=1S/C48H56O15/c1-33(46(52)55-4)36-16-22-39(23-17-36)58-29-10-7-13-42(49)61-32-28-45(62-43(50)14-8-11-30-59-40-24-18-37(19-25-40)34(2)47(53)56-5)63-44(51)15-9-12-31-60-41-26-20-38(21-27-41)35(3)48(54)57-6/h16-27,45H,1-3,7-15,28-32H2,4-6H3. The summed E-state index contributed by atoms with van der Waals surface area (Å²) >= 11 is 0. The minimum absolute atomic E-state index is 0.0270. The SMILES string of the molecule is C=C(C(=O)OC)c1ccc(OCCCCC(=O)OCCC(OC(=O)CCCCOc2ccc(C(=C)C(=O)OC)cc2)OC(=O)CCCCOc2ccc(C(=C)C(=O)OC)cc2)cc1. The van der Waals surface area contributed by atoms with Gasteiger partial charge in [0.2, 0.25) is 0 Å². The van der Waals surface area contributed by atoms with E-state index in [1.54, 1.807) is 72.8 Å². The van der Waals surface area contributed by atoms with Gasteiger partial charge in [0.25, 0.3) is 6.29 Å². The normalized spacial score (nSPS) is 10.5. The summed E-state index contributed by atoms with van der Waals surface area (Å²) in [5.74, 6) is -1.48. The second-order valence-corrected chi connectivity index (χ2v) is 13.8. The monoisotopic (exact) mass is 872 g/mol. The minimum atomic E-state index is -1.27. The van der Waals surface area contributed by atoms with Gasteiger partial charge in [-0.25, -0.2) is 14.4 Å². The first-order valence-electron chi connectivity index (χ1n) is 20.4. The Morgan fingerprint density at radius 1 is 0.429 bits per heavy atom. The molecule has 0 spiro atoms. The van der Waals surface area contributed by atoms with Gasteiger partial charge in [-0.2, -0.15) is 0 Å². The minimum Gasteiger partial charge on any atom is -0.494 e. The molecule has 3 aromatic rings. The van der Waals surface area contributed by atoms with Crippen LogP contribution >= 0.6 is 0 Å². The van der Waals surface area contributed by atoms with Crippen molar-refractivity contribution in [2.24, 2.45) is 0 Å². The summed E-state index contributed by atoms with van der Waals surface area (Å²) in [6, 6.07) is 20.4. The highest BCUT2D eigenvalue weighted by Gasteiger charge is 2.20. The van der Waals surface area contributed by atoms with Crippen LogP contribution in [0.1, 0.15) is 80.9 Å². The summed E-state index contributed by atoms with van der Waals surface area (Å²) in [4.78, 5) is 73.1. The molecule has 0 fully saturated rings. The molecule has 0 aromatic heterocycles. The van der Waals surface area contributed by atoms with Crippen LogP contribution in [-0.2, 0) is 57.2 Å². The van der Waals surface area contributed by atoms with Crippen molar-refractivity contribution in [3.63, 3.8) is 0 Å². The first-order chi connectivity index (χ1) is 30.3. The van der Waals surface area contributed by atoms with Crippen LogP contribution in [0, 0.1) is 0 Å². The van der Waals surface area contributed by atoms with Crippen LogP contribution in [0.5, 0.6) is 17.2 Å². The Balaban J connectivity index is 1.41. The molecule has 15 nitrogen and oxygen atoms in total. The van der Waals surface area contributed by atoms with E-state index in [9.17, 15) is 28.8 Å². The first-order valence-corrected chi connectivity index (χ1v) is 20.4. The fourth-order valence-electron chi connectivity index (χ4n) is 5.56. The van der Waals surface area contributed by atoms with Gasteiger partial charge in [-0.1, -0.05) is 56.1 Å². The van der Waals surface area contributed by atoms with Crippen molar-refractivity contribution >= 4 is 52.5 Å². The molecule has 0 radical (unpaired) electrons. The molecule has 0 bridgehead atoms. The largest absolute Gasteiger partial charge is 0.494 e. The molecule has 3 aromatic carbocycles. The molecule has 0 unspecified atom stereocenters. The second kappa shape index (κ2) is 27.8. The molecule has 0 aliphatic carbocycles. The molecule has 0 heterocycles. The lowest BCUT2D eigenvalue weighted by Crippen LogP contribution is -2.26. The lowest BCUT2D eigenvalue weighted by Gasteiger charge is -2.18. The Labute approximate surface area is 367 Å². The fourth-order valence-corrected chi connectivity index (χ4v) is 5.56. The van der Waals surface area contributed by atoms with Gasteiger partial charge in [0, 0.05) is 19.3 Å². The second-order valence-electron chi connectivity index (χ2n) is 13.8. The number of carbonyl (C=O) groups is 6. The van der Waals surface area contributed by atoms with Gasteiger partial charge in [-0.3, -0.25) is 14.4 Å². The van der Waals surface area contributed by atoms with Crippen LogP contribution in [-0.4, -0.2) is 89.9 Å². The Morgan fingerprint density at radius 3 is 1.03 bits per heavy atom. The van der Waals surface area contributed by atoms with Gasteiger partial charge >= 0.3 is 35.8 Å². The zero-order chi connectivity index (χ0) is 46.0. The number of unbranched alkanes of at least 4 members (excludes halogenated alkanes) is 3. The van der Waals surface area contributed by atoms with E-state index in [2.05, 4.69) is 24.5 Å². The molecule has 0 amide bonds. The summed E-state index contributed by atoms with van der Waals surface area (Å²) in [6.45, 7) is 12.0. The predicted molar refractivity (Wildman–Crippen MR) is 232 cm³/mol. The maximum absolute atomic E-state index is 12.8. The summed E-state index contributed by atoms with van der Waals surface area (Å²) in [5, 5.41) is 0. The molecule has 0 saturated carbocycles. The zero-order valence-corrected chi connectivity index (χ0v) is 36.2. The molecule has 3 rings (SSSR count). The number of rotatable bonds is 29. The van der Waals surface area contributed by atoms with Gasteiger partial charge in [0.15, 0.2) is 0 Å². The Bertz CT molecular complexity index is 1900. The number of methoxy groups -OCH3 is 3. The summed E-state index contributed by atoms with van der Waals surface area (Å²) in [6.07, 6.45) is 1.79. The van der Waals surface area contributed by atoms with E-state index in [4.69, 9.17) is 37.9 Å². The topological polar surface area (TPSA) is 185 Å². The van der Waals surface area contributed by atoms with Crippen LogP contribution in [0.4, 0.5) is 0 Å². The van der Waals surface area contributed by atoms with Crippen LogP contribution in [0.25, 0.3) is 16.7 Å². The molecule has 338 valence electrons. The number of hydrogen-bond donors (Lipinski definition) is 0. The van der Waals surface area contributed by atoms with E-state index < -0.39 is 42.1 Å². The third-order valence-electron chi connectivity index (χ3n) is 9.18. The van der Waals surface area contributed by atoms with E-state index in [0.29, 0.717) is 92.3 Å². The van der Waals surface area contributed by atoms with Gasteiger partial charge in [0.05, 0.1) is 70.9 Å². The highest BCUT2D eigenvalue weighted by atomic mass is 16.7. The van der Waals surface area contributed by atoms with Crippen molar-refractivity contribution in [2.75, 3.05) is 47.8 Å². The van der Waals surface area contributed by atoms with Gasteiger partial charge in [0.1, 0.15) is 17.2 Å². The molecule has 63 heavy (non-hydrogen) atoms. The highest BCUT2D eigenvalue weighted by molar-refractivity contribution is 6.16. The lowest BCUT2D eigenvalue weighted by atomic mass is 10.1. The van der Waals surface area contributed by atoms with E-state index in [1.807, 2.05) is 0 Å². The van der Waals surface area contributed by atoms with Gasteiger partial charge in [-0.05, 0) is 91.6 Å². The summed E-state index contributed by atoms with van der Waals surface area (Å²) in [5.41, 5.74) is 2.52. The fraction of sp³-hybridized carbons (Fsp3) is 0.375. The van der Waals surface area contributed by atoms with E-state index >= 15 is 0 Å². The molecular formula is C48H56O15. The third kappa shape index (κ3) is 18.7. The smallest absolute Gasteiger partial charge is 0.337 e. The summed E-state index contributed by atoms with van der Waals surface area (Å²) in [7, 11) is 3.85.